The third-order valence-corrected chi connectivity index (χ3v) is 4.78. The average Bonchev–Trinajstić information content (AvgIpc) is 2.47. The topological polar surface area (TPSA) is 66.5 Å². The lowest BCUT2D eigenvalue weighted by atomic mass is 10.3. The van der Waals surface area contributed by atoms with Crippen molar-refractivity contribution in [2.75, 3.05) is 22.4 Å². The largest absolute Gasteiger partial charge is 0.326 e. The summed E-state index contributed by atoms with van der Waals surface area (Å²) in [5.74, 6) is -0.236. The summed E-state index contributed by atoms with van der Waals surface area (Å²) in [5, 5.41) is 2.74. The summed E-state index contributed by atoms with van der Waals surface area (Å²) in [7, 11) is -3.47. The number of carbonyl (C=O) groups is 1. The number of nitrogens with one attached hydrogen (secondary N) is 1. The highest BCUT2D eigenvalue weighted by Crippen LogP contribution is 2.22. The molecule has 0 aromatic heterocycles. The van der Waals surface area contributed by atoms with Crippen LogP contribution in [0, 0.1) is 0 Å². The van der Waals surface area contributed by atoms with Crippen LogP contribution >= 0.6 is 15.9 Å². The fourth-order valence-corrected chi connectivity index (χ4v) is 3.37. The third-order valence-electron chi connectivity index (χ3n) is 3.10. The van der Waals surface area contributed by atoms with Gasteiger partial charge in [-0.2, -0.15) is 0 Å². The Morgan fingerprint density at radius 1 is 1.13 bits per heavy atom. The van der Waals surface area contributed by atoms with Crippen LogP contribution in [0.3, 0.4) is 0 Å². The Hall–Kier alpha value is -1.86. The van der Waals surface area contributed by atoms with Crippen LogP contribution < -0.4 is 9.62 Å². The summed E-state index contributed by atoms with van der Waals surface area (Å²) >= 11 is 3.32. The lowest BCUT2D eigenvalue weighted by Gasteiger charge is -2.22. The summed E-state index contributed by atoms with van der Waals surface area (Å²) in [6, 6.07) is 16.0. The van der Waals surface area contributed by atoms with Gasteiger partial charge in [-0.25, -0.2) is 8.42 Å². The van der Waals surface area contributed by atoms with E-state index in [-0.39, 0.29) is 18.9 Å². The molecule has 122 valence electrons. The van der Waals surface area contributed by atoms with Gasteiger partial charge in [0.1, 0.15) is 0 Å². The maximum Gasteiger partial charge on any atom is 0.232 e. The minimum atomic E-state index is -3.47. The van der Waals surface area contributed by atoms with Crippen molar-refractivity contribution in [3.8, 4) is 0 Å². The number of para-hydroxylation sites is 1. The normalized spacial score (nSPS) is 11.0. The van der Waals surface area contributed by atoms with E-state index in [2.05, 4.69) is 21.2 Å². The zero-order valence-corrected chi connectivity index (χ0v) is 15.0. The van der Waals surface area contributed by atoms with E-state index in [1.807, 2.05) is 24.3 Å². The second-order valence-electron chi connectivity index (χ2n) is 4.98. The van der Waals surface area contributed by atoms with Crippen molar-refractivity contribution in [3.63, 3.8) is 0 Å². The molecule has 0 spiro atoms. The van der Waals surface area contributed by atoms with E-state index in [0.717, 1.165) is 10.7 Å². The van der Waals surface area contributed by atoms with Gasteiger partial charge in [-0.1, -0.05) is 40.2 Å². The van der Waals surface area contributed by atoms with Gasteiger partial charge in [-0.05, 0) is 30.3 Å². The zero-order valence-electron chi connectivity index (χ0n) is 12.6. The molecule has 5 nitrogen and oxygen atoms in total. The molecule has 7 heteroatoms. The summed E-state index contributed by atoms with van der Waals surface area (Å²) < 4.78 is 26.0. The van der Waals surface area contributed by atoms with Crippen molar-refractivity contribution in [2.24, 2.45) is 0 Å². The second-order valence-corrected chi connectivity index (χ2v) is 7.80. The molecular formula is C16H17BrN2O3S. The molecule has 1 N–H and O–H groups in total. The molecule has 0 radical (unpaired) electrons. The highest BCUT2D eigenvalue weighted by molar-refractivity contribution is 9.10. The average molecular weight is 397 g/mol. The Balaban J connectivity index is 2.06. The van der Waals surface area contributed by atoms with Gasteiger partial charge in [0.05, 0.1) is 11.9 Å². The Bertz CT molecular complexity index is 779. The molecule has 0 saturated heterocycles. The molecule has 0 saturated carbocycles. The molecule has 23 heavy (non-hydrogen) atoms. The number of sulfonamides is 1. The van der Waals surface area contributed by atoms with Gasteiger partial charge in [0.2, 0.25) is 15.9 Å². The first-order valence-corrected chi connectivity index (χ1v) is 9.58. The number of carbonyl (C=O) groups excluding carboxylic acids is 1. The smallest absolute Gasteiger partial charge is 0.232 e. The van der Waals surface area contributed by atoms with Crippen molar-refractivity contribution >= 4 is 43.2 Å². The molecule has 0 bridgehead atoms. The van der Waals surface area contributed by atoms with E-state index in [0.29, 0.717) is 11.4 Å². The molecule has 0 aliphatic carbocycles. The van der Waals surface area contributed by atoms with Crippen LogP contribution in [0.15, 0.2) is 59.1 Å². The highest BCUT2D eigenvalue weighted by atomic mass is 79.9. The number of hydrogen-bond donors (Lipinski definition) is 1. The van der Waals surface area contributed by atoms with Gasteiger partial charge in [-0.15, -0.1) is 0 Å². The monoisotopic (exact) mass is 396 g/mol. The predicted molar refractivity (Wildman–Crippen MR) is 96.0 cm³/mol. The first-order chi connectivity index (χ1) is 10.9. The molecule has 0 aliphatic rings. The predicted octanol–water partition coefficient (Wildman–Crippen LogP) is 3.24. The highest BCUT2D eigenvalue weighted by Gasteiger charge is 2.18. The summed E-state index contributed by atoms with van der Waals surface area (Å²) in [4.78, 5) is 12.0. The first kappa shape index (κ1) is 17.5. The lowest BCUT2D eigenvalue weighted by Crippen LogP contribution is -2.33. The summed E-state index contributed by atoms with van der Waals surface area (Å²) in [6.07, 6.45) is 1.19. The molecule has 2 aromatic rings. The third kappa shape index (κ3) is 5.37. The van der Waals surface area contributed by atoms with Gasteiger partial charge in [0.25, 0.3) is 0 Å². The van der Waals surface area contributed by atoms with Gasteiger partial charge < -0.3 is 5.32 Å². The summed E-state index contributed by atoms with van der Waals surface area (Å²) in [5.41, 5.74) is 1.21. The van der Waals surface area contributed by atoms with E-state index in [1.54, 1.807) is 30.3 Å². The maximum atomic E-state index is 12.0. The number of benzene rings is 2. The van der Waals surface area contributed by atoms with Crippen molar-refractivity contribution in [2.45, 2.75) is 6.42 Å². The van der Waals surface area contributed by atoms with E-state index in [4.69, 9.17) is 0 Å². The molecule has 0 heterocycles. The molecule has 2 aromatic carbocycles. The van der Waals surface area contributed by atoms with Crippen LogP contribution in [0.4, 0.5) is 11.4 Å². The van der Waals surface area contributed by atoms with Crippen LogP contribution in [-0.2, 0) is 14.8 Å². The Kier molecular flexibility index (Phi) is 5.79. The molecule has 0 fully saturated rings. The molecular weight excluding hydrogens is 380 g/mol. The number of nitrogens with zero attached hydrogens (tertiary/aromatic N) is 1. The van der Waals surface area contributed by atoms with E-state index in [1.165, 1.54) is 4.31 Å². The Morgan fingerprint density at radius 3 is 2.43 bits per heavy atom. The number of anilines is 2. The number of amides is 1. The Labute approximate surface area is 144 Å². The van der Waals surface area contributed by atoms with Crippen molar-refractivity contribution in [1.82, 2.24) is 0 Å². The minimum Gasteiger partial charge on any atom is -0.326 e. The van der Waals surface area contributed by atoms with Gasteiger partial charge >= 0.3 is 0 Å². The van der Waals surface area contributed by atoms with E-state index < -0.39 is 10.0 Å². The molecule has 0 atom stereocenters. The van der Waals surface area contributed by atoms with Crippen LogP contribution in [0.1, 0.15) is 6.42 Å². The quantitative estimate of drug-likeness (QED) is 0.814. The van der Waals surface area contributed by atoms with Crippen LogP contribution in [0.5, 0.6) is 0 Å². The molecule has 0 aliphatic heterocycles. The fourth-order valence-electron chi connectivity index (χ4n) is 2.07. The number of hydrogen-bond acceptors (Lipinski definition) is 3. The second kappa shape index (κ2) is 7.61. The van der Waals surface area contributed by atoms with Crippen LogP contribution in [0.25, 0.3) is 0 Å². The summed E-state index contributed by atoms with van der Waals surface area (Å²) in [6.45, 7) is 0.0773. The fraction of sp³-hybridized carbons (Fsp3) is 0.188. The number of rotatable bonds is 6. The number of halogens is 1. The Morgan fingerprint density at radius 2 is 1.83 bits per heavy atom. The van der Waals surface area contributed by atoms with Gasteiger partial charge in [-0.3, -0.25) is 9.10 Å². The standard InChI is InChI=1S/C16H17BrN2O3S/c1-23(21,22)19(15-9-5-6-13(17)12-15)11-10-16(20)18-14-7-3-2-4-8-14/h2-9,12H,10-11H2,1H3,(H,18,20). The molecule has 1 amide bonds. The molecule has 0 unspecified atom stereocenters. The van der Waals surface area contributed by atoms with Gasteiger partial charge in [0.15, 0.2) is 0 Å². The van der Waals surface area contributed by atoms with Crippen LogP contribution in [0.2, 0.25) is 0 Å². The maximum absolute atomic E-state index is 12.0. The van der Waals surface area contributed by atoms with Crippen LogP contribution in [-0.4, -0.2) is 27.1 Å². The SMILES string of the molecule is CS(=O)(=O)N(CCC(=O)Nc1ccccc1)c1cccc(Br)c1. The van der Waals surface area contributed by atoms with Crippen molar-refractivity contribution in [1.29, 1.82) is 0 Å². The van der Waals surface area contributed by atoms with E-state index in [9.17, 15) is 13.2 Å². The molecule has 2 rings (SSSR count). The zero-order chi connectivity index (χ0) is 16.9. The lowest BCUT2D eigenvalue weighted by molar-refractivity contribution is -0.116. The van der Waals surface area contributed by atoms with Crippen molar-refractivity contribution < 1.29 is 13.2 Å². The minimum absolute atomic E-state index is 0.0640. The van der Waals surface area contributed by atoms with Crippen molar-refractivity contribution in [3.05, 3.63) is 59.1 Å². The van der Waals surface area contributed by atoms with E-state index >= 15 is 0 Å². The first-order valence-electron chi connectivity index (χ1n) is 6.94. The van der Waals surface area contributed by atoms with Gasteiger partial charge in [0, 0.05) is 23.1 Å².